The van der Waals surface area contributed by atoms with Gasteiger partial charge < -0.3 is 20.1 Å². The summed E-state index contributed by atoms with van der Waals surface area (Å²) in [6.07, 6.45) is -1.01. The number of hydrogen-bond acceptors (Lipinski definition) is 5. The number of anilines is 1. The second-order valence-corrected chi connectivity index (χ2v) is 7.23. The number of ether oxygens (including phenoxy) is 2. The van der Waals surface area contributed by atoms with Crippen molar-refractivity contribution in [3.05, 3.63) is 59.2 Å². The number of methoxy groups -OCH3 is 1. The highest BCUT2D eigenvalue weighted by molar-refractivity contribution is 5.98. The molecule has 2 aromatic rings. The van der Waals surface area contributed by atoms with Gasteiger partial charge in [0, 0.05) is 11.3 Å². The number of para-hydroxylation sites is 1. The molecule has 0 spiro atoms. The normalized spacial score (nSPS) is 11.5. The fourth-order valence-corrected chi connectivity index (χ4v) is 2.88. The van der Waals surface area contributed by atoms with Crippen molar-refractivity contribution in [3.63, 3.8) is 0 Å². The minimum atomic E-state index is -1.01. The van der Waals surface area contributed by atoms with E-state index >= 15 is 0 Å². The van der Waals surface area contributed by atoms with Crippen molar-refractivity contribution in [2.45, 2.75) is 39.7 Å². The van der Waals surface area contributed by atoms with Crippen molar-refractivity contribution in [1.82, 2.24) is 5.32 Å². The smallest absolute Gasteiger partial charge is 0.326 e. The number of hydrogen-bond donors (Lipinski definition) is 2. The van der Waals surface area contributed by atoms with Gasteiger partial charge in [0.15, 0.2) is 6.10 Å². The van der Waals surface area contributed by atoms with Crippen molar-refractivity contribution in [2.75, 3.05) is 19.0 Å². The summed E-state index contributed by atoms with van der Waals surface area (Å²) in [4.78, 5) is 36.7. The molecule has 0 bridgehead atoms. The maximum Gasteiger partial charge on any atom is 0.326 e. The Morgan fingerprint density at radius 2 is 1.73 bits per heavy atom. The van der Waals surface area contributed by atoms with Crippen molar-refractivity contribution in [2.24, 2.45) is 0 Å². The van der Waals surface area contributed by atoms with Gasteiger partial charge in [0.2, 0.25) is 0 Å². The van der Waals surface area contributed by atoms with Crippen molar-refractivity contribution >= 4 is 23.5 Å². The molecule has 2 aromatic carbocycles. The molecule has 2 amide bonds. The molecular formula is C23H28N2O5. The molecule has 30 heavy (non-hydrogen) atoms. The van der Waals surface area contributed by atoms with Crippen LogP contribution >= 0.6 is 0 Å². The number of carbonyl (C=O) groups excluding carboxylic acids is 3. The van der Waals surface area contributed by atoms with E-state index in [4.69, 9.17) is 9.47 Å². The number of benzene rings is 2. The third kappa shape index (κ3) is 6.07. The molecule has 0 radical (unpaired) electrons. The van der Waals surface area contributed by atoms with Gasteiger partial charge in [-0.3, -0.25) is 14.4 Å². The van der Waals surface area contributed by atoms with Gasteiger partial charge in [-0.1, -0.05) is 38.1 Å². The highest BCUT2D eigenvalue weighted by Gasteiger charge is 2.21. The number of nitrogens with one attached hydrogen (secondary N) is 2. The van der Waals surface area contributed by atoms with Crippen LogP contribution in [0.25, 0.3) is 0 Å². The van der Waals surface area contributed by atoms with Crippen LogP contribution in [-0.2, 0) is 14.3 Å². The summed E-state index contributed by atoms with van der Waals surface area (Å²) in [7, 11) is 1.50. The van der Waals surface area contributed by atoms with Gasteiger partial charge in [-0.15, -0.1) is 0 Å². The summed E-state index contributed by atoms with van der Waals surface area (Å²) in [6.45, 7) is 7.13. The Balaban J connectivity index is 1.91. The lowest BCUT2D eigenvalue weighted by Crippen LogP contribution is -2.36. The van der Waals surface area contributed by atoms with E-state index in [0.29, 0.717) is 11.3 Å². The Morgan fingerprint density at radius 3 is 2.40 bits per heavy atom. The molecule has 0 aliphatic carbocycles. The SMILES string of the molecule is COc1cccc(C(=O)NCC(=O)O[C@@H](C)C(=O)Nc2c(C)cccc2C(C)C)c1. The average molecular weight is 412 g/mol. The first-order valence-corrected chi connectivity index (χ1v) is 9.75. The van der Waals surface area contributed by atoms with Crippen LogP contribution in [0.5, 0.6) is 5.75 Å². The van der Waals surface area contributed by atoms with E-state index in [2.05, 4.69) is 10.6 Å². The predicted molar refractivity (Wildman–Crippen MR) is 115 cm³/mol. The Hall–Kier alpha value is -3.35. The molecule has 0 saturated carbocycles. The molecule has 2 N–H and O–H groups in total. The summed E-state index contributed by atoms with van der Waals surface area (Å²) in [5.74, 6) is -0.816. The maximum atomic E-state index is 12.5. The third-order valence-electron chi connectivity index (χ3n) is 4.58. The van der Waals surface area contributed by atoms with E-state index in [9.17, 15) is 14.4 Å². The van der Waals surface area contributed by atoms with E-state index in [1.54, 1.807) is 24.3 Å². The Labute approximate surface area is 176 Å². The van der Waals surface area contributed by atoms with Crippen LogP contribution in [0, 0.1) is 6.92 Å². The fourth-order valence-electron chi connectivity index (χ4n) is 2.88. The molecule has 7 heteroatoms. The lowest BCUT2D eigenvalue weighted by Gasteiger charge is -2.19. The van der Waals surface area contributed by atoms with Gasteiger partial charge in [-0.25, -0.2) is 0 Å². The van der Waals surface area contributed by atoms with E-state index in [-0.39, 0.29) is 12.5 Å². The lowest BCUT2D eigenvalue weighted by atomic mass is 9.98. The van der Waals surface area contributed by atoms with Gasteiger partial charge in [-0.05, 0) is 49.1 Å². The molecule has 0 fully saturated rings. The van der Waals surface area contributed by atoms with Crippen LogP contribution < -0.4 is 15.4 Å². The number of rotatable bonds is 8. The molecule has 0 heterocycles. The van der Waals surface area contributed by atoms with Crippen molar-refractivity contribution in [3.8, 4) is 5.75 Å². The van der Waals surface area contributed by atoms with Gasteiger partial charge in [-0.2, -0.15) is 0 Å². The first-order chi connectivity index (χ1) is 14.2. The highest BCUT2D eigenvalue weighted by Crippen LogP contribution is 2.27. The molecule has 0 aromatic heterocycles. The zero-order chi connectivity index (χ0) is 22.3. The summed E-state index contributed by atoms with van der Waals surface area (Å²) < 4.78 is 10.2. The third-order valence-corrected chi connectivity index (χ3v) is 4.58. The average Bonchev–Trinajstić information content (AvgIpc) is 2.73. The zero-order valence-corrected chi connectivity index (χ0v) is 17.9. The summed E-state index contributed by atoms with van der Waals surface area (Å²) in [6, 6.07) is 12.4. The first-order valence-electron chi connectivity index (χ1n) is 9.75. The van der Waals surface area contributed by atoms with Crippen molar-refractivity contribution < 1.29 is 23.9 Å². The minimum Gasteiger partial charge on any atom is -0.497 e. The maximum absolute atomic E-state index is 12.5. The molecule has 0 saturated heterocycles. The fraction of sp³-hybridized carbons (Fsp3) is 0.348. The molecule has 0 aliphatic rings. The van der Waals surface area contributed by atoms with E-state index in [1.807, 2.05) is 39.0 Å². The van der Waals surface area contributed by atoms with Crippen LogP contribution in [0.3, 0.4) is 0 Å². The topological polar surface area (TPSA) is 93.7 Å². The largest absolute Gasteiger partial charge is 0.497 e. The molecule has 0 unspecified atom stereocenters. The monoisotopic (exact) mass is 412 g/mol. The Morgan fingerprint density at radius 1 is 1.03 bits per heavy atom. The van der Waals surface area contributed by atoms with Crippen LogP contribution in [-0.4, -0.2) is 37.5 Å². The second kappa shape index (κ2) is 10.4. The minimum absolute atomic E-state index is 0.227. The number of esters is 1. The second-order valence-electron chi connectivity index (χ2n) is 7.23. The lowest BCUT2D eigenvalue weighted by molar-refractivity contribution is -0.152. The van der Waals surface area contributed by atoms with E-state index in [1.165, 1.54) is 14.0 Å². The molecule has 160 valence electrons. The summed E-state index contributed by atoms with van der Waals surface area (Å²) in [5.41, 5.74) is 3.02. The van der Waals surface area contributed by atoms with Crippen LogP contribution in [0.2, 0.25) is 0 Å². The van der Waals surface area contributed by atoms with Crippen LogP contribution in [0.1, 0.15) is 48.2 Å². The summed E-state index contributed by atoms with van der Waals surface area (Å²) >= 11 is 0. The molecule has 2 rings (SSSR count). The van der Waals surface area contributed by atoms with E-state index < -0.39 is 23.9 Å². The quantitative estimate of drug-likeness (QED) is 0.648. The van der Waals surface area contributed by atoms with Crippen LogP contribution in [0.15, 0.2) is 42.5 Å². The highest BCUT2D eigenvalue weighted by atomic mass is 16.5. The number of amides is 2. The zero-order valence-electron chi connectivity index (χ0n) is 17.9. The van der Waals surface area contributed by atoms with Gasteiger partial charge in [0.05, 0.1) is 7.11 Å². The van der Waals surface area contributed by atoms with Crippen LogP contribution in [0.4, 0.5) is 5.69 Å². The van der Waals surface area contributed by atoms with Gasteiger partial charge in [0.25, 0.3) is 11.8 Å². The molecule has 1 atom stereocenters. The number of aryl methyl sites for hydroxylation is 1. The molecular weight excluding hydrogens is 384 g/mol. The standard InChI is InChI=1S/C23H28N2O5/c1-14(2)19-11-6-8-15(3)21(19)25-22(27)16(4)30-20(26)13-24-23(28)17-9-7-10-18(12-17)29-5/h6-12,14,16H,13H2,1-5H3,(H,24,28)(H,25,27)/t16-/m0/s1. The first kappa shape index (κ1) is 22.9. The predicted octanol–water partition coefficient (Wildman–Crippen LogP) is 3.43. The summed E-state index contributed by atoms with van der Waals surface area (Å²) in [5, 5.41) is 5.33. The van der Waals surface area contributed by atoms with Crippen molar-refractivity contribution in [1.29, 1.82) is 0 Å². The molecule has 7 nitrogen and oxygen atoms in total. The molecule has 0 aliphatic heterocycles. The number of carbonyl (C=O) groups is 3. The van der Waals surface area contributed by atoms with E-state index in [0.717, 1.165) is 16.8 Å². The Bertz CT molecular complexity index is 924. The van der Waals surface area contributed by atoms with Gasteiger partial charge in [0.1, 0.15) is 12.3 Å². The van der Waals surface area contributed by atoms with Gasteiger partial charge >= 0.3 is 5.97 Å². The Kier molecular flexibility index (Phi) is 7.98.